The van der Waals surface area contributed by atoms with Gasteiger partial charge in [0, 0.05) is 19.0 Å². The van der Waals surface area contributed by atoms with Crippen LogP contribution in [0.25, 0.3) is 0 Å². The summed E-state index contributed by atoms with van der Waals surface area (Å²) in [5, 5.41) is 2.83. The van der Waals surface area contributed by atoms with Crippen LogP contribution in [0.1, 0.15) is 36.1 Å². The molecule has 0 radical (unpaired) electrons. The van der Waals surface area contributed by atoms with Crippen LogP contribution in [0, 0.1) is 0 Å². The van der Waals surface area contributed by atoms with E-state index in [0.717, 1.165) is 12.4 Å². The molecule has 1 aromatic heterocycles. The molecule has 0 atom stereocenters. The Hall–Kier alpha value is -1.36. The zero-order valence-electron chi connectivity index (χ0n) is 10.4. The molecule has 5 nitrogen and oxygen atoms in total. The van der Waals surface area contributed by atoms with Gasteiger partial charge < -0.3 is 15.2 Å². The quantitative estimate of drug-likeness (QED) is 0.778. The van der Waals surface area contributed by atoms with Crippen molar-refractivity contribution in [3.8, 4) is 0 Å². The van der Waals surface area contributed by atoms with Crippen molar-refractivity contribution in [2.24, 2.45) is 0 Å². The molecule has 5 heteroatoms. The highest BCUT2D eigenvalue weighted by Crippen LogP contribution is 2.09. The fraction of sp³-hybridized carbons (Fsp3) is 0.636. The van der Waals surface area contributed by atoms with Crippen LogP contribution in [0.15, 0.2) is 6.20 Å². The van der Waals surface area contributed by atoms with Crippen molar-refractivity contribution >= 4 is 5.91 Å². The molecule has 0 aromatic carbocycles. The molecule has 0 saturated heterocycles. The van der Waals surface area contributed by atoms with Crippen LogP contribution in [0.4, 0.5) is 0 Å². The van der Waals surface area contributed by atoms with E-state index in [0.29, 0.717) is 18.2 Å². The summed E-state index contributed by atoms with van der Waals surface area (Å²) in [6.07, 6.45) is 1.58. The Bertz CT molecular complexity index is 344. The molecule has 1 amide bonds. The summed E-state index contributed by atoms with van der Waals surface area (Å²) in [5.74, 6) is 1.06. The molecule has 0 spiro atoms. The van der Waals surface area contributed by atoms with Crippen molar-refractivity contribution in [3.63, 3.8) is 0 Å². The number of H-pyrrole nitrogens is 1. The predicted octanol–water partition coefficient (Wildman–Crippen LogP) is 0.824. The van der Waals surface area contributed by atoms with Gasteiger partial charge in [0.1, 0.15) is 11.5 Å². The average Bonchev–Trinajstić information content (AvgIpc) is 2.65. The molecule has 1 aromatic rings. The van der Waals surface area contributed by atoms with Gasteiger partial charge in [-0.05, 0) is 14.1 Å². The van der Waals surface area contributed by atoms with Crippen LogP contribution in [0.3, 0.4) is 0 Å². The number of hydrogen-bond acceptors (Lipinski definition) is 3. The standard InChI is InChI=1S/C11H20N4O/c1-8(2)10-13-7-9(14-10)11(16)12-5-6-15(3)4/h7-8H,5-6H2,1-4H3,(H,12,16)(H,13,14). The second kappa shape index (κ2) is 5.65. The number of rotatable bonds is 5. The highest BCUT2D eigenvalue weighted by molar-refractivity contribution is 5.92. The first-order valence-electron chi connectivity index (χ1n) is 5.48. The number of hydrogen-bond donors (Lipinski definition) is 2. The van der Waals surface area contributed by atoms with Gasteiger partial charge in [0.15, 0.2) is 0 Å². The van der Waals surface area contributed by atoms with Gasteiger partial charge in [-0.2, -0.15) is 0 Å². The Kier molecular flexibility index (Phi) is 4.49. The van der Waals surface area contributed by atoms with Crippen molar-refractivity contribution in [1.82, 2.24) is 20.2 Å². The largest absolute Gasteiger partial charge is 0.349 e. The summed E-state index contributed by atoms with van der Waals surface area (Å²) < 4.78 is 0. The Morgan fingerprint density at radius 1 is 1.56 bits per heavy atom. The first kappa shape index (κ1) is 12.7. The Labute approximate surface area is 96.3 Å². The minimum atomic E-state index is -0.0961. The number of aromatic nitrogens is 2. The topological polar surface area (TPSA) is 61.0 Å². The molecule has 0 fully saturated rings. The van der Waals surface area contributed by atoms with E-state index in [4.69, 9.17) is 0 Å². The third kappa shape index (κ3) is 3.66. The maximum atomic E-state index is 11.7. The molecular weight excluding hydrogens is 204 g/mol. The first-order valence-corrected chi connectivity index (χ1v) is 5.48. The fourth-order valence-corrected chi connectivity index (χ4v) is 1.23. The minimum absolute atomic E-state index is 0.0961. The maximum Gasteiger partial charge on any atom is 0.269 e. The van der Waals surface area contributed by atoms with E-state index in [9.17, 15) is 4.79 Å². The third-order valence-corrected chi connectivity index (χ3v) is 2.23. The van der Waals surface area contributed by atoms with E-state index in [1.807, 2.05) is 32.8 Å². The molecule has 0 aliphatic heterocycles. The minimum Gasteiger partial charge on any atom is -0.349 e. The van der Waals surface area contributed by atoms with E-state index >= 15 is 0 Å². The summed E-state index contributed by atoms with van der Waals surface area (Å²) in [4.78, 5) is 20.8. The number of likely N-dealkylation sites (N-methyl/N-ethyl adjacent to an activating group) is 1. The molecule has 0 unspecified atom stereocenters. The summed E-state index contributed by atoms with van der Waals surface area (Å²) in [6, 6.07) is 0. The van der Waals surface area contributed by atoms with Gasteiger partial charge in [0.2, 0.25) is 0 Å². The van der Waals surface area contributed by atoms with E-state index < -0.39 is 0 Å². The average molecular weight is 224 g/mol. The zero-order chi connectivity index (χ0) is 12.1. The van der Waals surface area contributed by atoms with Gasteiger partial charge in [-0.15, -0.1) is 0 Å². The number of nitrogens with zero attached hydrogens (tertiary/aromatic N) is 2. The molecule has 1 rings (SSSR count). The molecule has 1 heterocycles. The van der Waals surface area contributed by atoms with E-state index in [-0.39, 0.29) is 5.91 Å². The Balaban J connectivity index is 2.46. The van der Waals surface area contributed by atoms with E-state index in [1.165, 1.54) is 0 Å². The van der Waals surface area contributed by atoms with Crippen molar-refractivity contribution in [3.05, 3.63) is 17.7 Å². The Morgan fingerprint density at radius 2 is 2.25 bits per heavy atom. The van der Waals surface area contributed by atoms with Gasteiger partial charge >= 0.3 is 0 Å². The second-order valence-electron chi connectivity index (χ2n) is 4.40. The lowest BCUT2D eigenvalue weighted by Gasteiger charge is -2.09. The van der Waals surface area contributed by atoms with Crippen LogP contribution < -0.4 is 5.32 Å². The SMILES string of the molecule is CC(C)c1ncc(C(=O)NCCN(C)C)[nH]1. The van der Waals surface area contributed by atoms with Gasteiger partial charge in [0.25, 0.3) is 5.91 Å². The van der Waals surface area contributed by atoms with Crippen molar-refractivity contribution in [2.75, 3.05) is 27.2 Å². The summed E-state index contributed by atoms with van der Waals surface area (Å²) >= 11 is 0. The Morgan fingerprint density at radius 3 is 2.75 bits per heavy atom. The van der Waals surface area contributed by atoms with Gasteiger partial charge in [-0.25, -0.2) is 4.98 Å². The second-order valence-corrected chi connectivity index (χ2v) is 4.40. The molecular formula is C11H20N4O. The number of nitrogens with one attached hydrogen (secondary N) is 2. The molecule has 0 bridgehead atoms. The molecule has 0 aliphatic rings. The highest BCUT2D eigenvalue weighted by atomic mass is 16.1. The monoisotopic (exact) mass is 224 g/mol. The summed E-state index contributed by atoms with van der Waals surface area (Å²) in [5.41, 5.74) is 0.530. The number of carbonyl (C=O) groups is 1. The van der Waals surface area contributed by atoms with Crippen LogP contribution >= 0.6 is 0 Å². The molecule has 0 aliphatic carbocycles. The van der Waals surface area contributed by atoms with Crippen LogP contribution in [0.2, 0.25) is 0 Å². The fourth-order valence-electron chi connectivity index (χ4n) is 1.23. The number of amides is 1. The smallest absolute Gasteiger partial charge is 0.269 e. The normalized spacial score (nSPS) is 11.1. The zero-order valence-corrected chi connectivity index (χ0v) is 10.4. The van der Waals surface area contributed by atoms with Crippen LogP contribution in [-0.2, 0) is 0 Å². The van der Waals surface area contributed by atoms with Gasteiger partial charge in [0.05, 0.1) is 6.20 Å². The molecule has 16 heavy (non-hydrogen) atoms. The lowest BCUT2D eigenvalue weighted by Crippen LogP contribution is -2.31. The van der Waals surface area contributed by atoms with Crippen molar-refractivity contribution in [1.29, 1.82) is 0 Å². The molecule has 90 valence electrons. The molecule has 2 N–H and O–H groups in total. The molecule has 0 saturated carbocycles. The summed E-state index contributed by atoms with van der Waals surface area (Å²) in [6.45, 7) is 5.54. The van der Waals surface area contributed by atoms with Crippen LogP contribution in [-0.4, -0.2) is 48.0 Å². The lowest BCUT2D eigenvalue weighted by atomic mass is 10.2. The number of imidazole rings is 1. The highest BCUT2D eigenvalue weighted by Gasteiger charge is 2.10. The third-order valence-electron chi connectivity index (χ3n) is 2.23. The number of carbonyl (C=O) groups excluding carboxylic acids is 1. The van der Waals surface area contributed by atoms with Gasteiger partial charge in [-0.3, -0.25) is 4.79 Å². The number of aromatic amines is 1. The lowest BCUT2D eigenvalue weighted by molar-refractivity contribution is 0.0946. The van der Waals surface area contributed by atoms with E-state index in [2.05, 4.69) is 15.3 Å². The van der Waals surface area contributed by atoms with Crippen molar-refractivity contribution in [2.45, 2.75) is 19.8 Å². The van der Waals surface area contributed by atoms with Crippen molar-refractivity contribution < 1.29 is 4.79 Å². The van der Waals surface area contributed by atoms with Crippen LogP contribution in [0.5, 0.6) is 0 Å². The summed E-state index contributed by atoms with van der Waals surface area (Å²) in [7, 11) is 3.94. The van der Waals surface area contributed by atoms with E-state index in [1.54, 1.807) is 6.20 Å². The predicted molar refractivity (Wildman–Crippen MR) is 63.6 cm³/mol. The van der Waals surface area contributed by atoms with Gasteiger partial charge in [-0.1, -0.05) is 13.8 Å². The maximum absolute atomic E-state index is 11.7. The first-order chi connectivity index (χ1) is 7.50.